The van der Waals surface area contributed by atoms with Crippen LogP contribution >= 0.6 is 27.5 Å². The molecule has 0 radical (unpaired) electrons. The number of carbonyl (C=O) groups excluding carboxylic acids is 1. The number of esters is 1. The minimum atomic E-state index is -0.274. The van der Waals surface area contributed by atoms with Crippen LogP contribution in [0.1, 0.15) is 20.3 Å². The van der Waals surface area contributed by atoms with Gasteiger partial charge in [-0.25, -0.2) is 4.98 Å². The smallest absolute Gasteiger partial charge is 0.309 e. The van der Waals surface area contributed by atoms with Crippen molar-refractivity contribution in [1.29, 1.82) is 0 Å². The van der Waals surface area contributed by atoms with Crippen molar-refractivity contribution in [3.63, 3.8) is 0 Å². The molecule has 0 unspecified atom stereocenters. The van der Waals surface area contributed by atoms with Crippen molar-refractivity contribution in [2.75, 3.05) is 6.61 Å². The fourth-order valence-corrected chi connectivity index (χ4v) is 2.49. The van der Waals surface area contributed by atoms with Gasteiger partial charge < -0.3 is 14.2 Å². The Labute approximate surface area is 154 Å². The van der Waals surface area contributed by atoms with Crippen molar-refractivity contribution in [2.45, 2.75) is 26.4 Å². The molecule has 24 heavy (non-hydrogen) atoms. The number of pyridine rings is 1. The monoisotopic (exact) mass is 413 g/mol. The summed E-state index contributed by atoms with van der Waals surface area (Å²) in [7, 11) is 0. The molecule has 7 heteroatoms. The van der Waals surface area contributed by atoms with Crippen LogP contribution in [0.15, 0.2) is 41.0 Å². The van der Waals surface area contributed by atoms with Crippen LogP contribution in [0.2, 0.25) is 5.02 Å². The zero-order chi connectivity index (χ0) is 17.5. The molecule has 1 heterocycles. The summed E-state index contributed by atoms with van der Waals surface area (Å²) in [5, 5.41) is 0.522. The Morgan fingerprint density at radius 2 is 1.92 bits per heavy atom. The Morgan fingerprint density at radius 1 is 1.25 bits per heavy atom. The maximum Gasteiger partial charge on any atom is 0.309 e. The number of ether oxygens (including phenoxy) is 3. The van der Waals surface area contributed by atoms with E-state index in [1.165, 1.54) is 6.20 Å². The minimum absolute atomic E-state index is 0.116. The van der Waals surface area contributed by atoms with E-state index in [1.54, 1.807) is 30.3 Å². The van der Waals surface area contributed by atoms with Crippen molar-refractivity contribution in [2.24, 2.45) is 0 Å². The van der Waals surface area contributed by atoms with Gasteiger partial charge in [0.05, 0.1) is 28.6 Å². The van der Waals surface area contributed by atoms with Gasteiger partial charge in [-0.3, -0.25) is 4.79 Å². The van der Waals surface area contributed by atoms with Gasteiger partial charge in [-0.05, 0) is 60.1 Å². The second kappa shape index (κ2) is 8.89. The van der Waals surface area contributed by atoms with Gasteiger partial charge in [0.25, 0.3) is 0 Å². The van der Waals surface area contributed by atoms with E-state index in [-0.39, 0.29) is 25.1 Å². The number of halogens is 2. The predicted molar refractivity (Wildman–Crippen MR) is 94.8 cm³/mol. The van der Waals surface area contributed by atoms with E-state index in [0.29, 0.717) is 26.9 Å². The van der Waals surface area contributed by atoms with Crippen molar-refractivity contribution in [3.8, 4) is 17.4 Å². The second-order valence-corrected chi connectivity index (χ2v) is 6.44. The van der Waals surface area contributed by atoms with Crippen LogP contribution in [0.5, 0.6) is 17.4 Å². The van der Waals surface area contributed by atoms with E-state index in [2.05, 4.69) is 20.9 Å². The van der Waals surface area contributed by atoms with Gasteiger partial charge in [0, 0.05) is 6.20 Å². The molecule has 0 bridgehead atoms. The SMILES string of the molecule is CC(C)OC(=O)CCOc1ccc(Oc2ncc(Cl)cc2Br)cc1. The zero-order valence-electron chi connectivity index (χ0n) is 13.3. The maximum absolute atomic E-state index is 11.4. The third-order valence-electron chi connectivity index (χ3n) is 2.75. The second-order valence-electron chi connectivity index (χ2n) is 5.15. The molecule has 0 aliphatic rings. The van der Waals surface area contributed by atoms with E-state index < -0.39 is 0 Å². The van der Waals surface area contributed by atoms with Gasteiger partial charge in [-0.2, -0.15) is 0 Å². The molecule has 0 atom stereocenters. The number of hydrogen-bond donors (Lipinski definition) is 0. The molecule has 0 aliphatic carbocycles. The molecule has 0 saturated heterocycles. The van der Waals surface area contributed by atoms with Crippen LogP contribution in [0.3, 0.4) is 0 Å². The summed E-state index contributed by atoms with van der Waals surface area (Å²) in [4.78, 5) is 15.5. The first kappa shape index (κ1) is 18.5. The van der Waals surface area contributed by atoms with Gasteiger partial charge in [0.1, 0.15) is 11.5 Å². The summed E-state index contributed by atoms with van der Waals surface area (Å²) in [6.07, 6.45) is 1.60. The highest BCUT2D eigenvalue weighted by Gasteiger charge is 2.07. The largest absolute Gasteiger partial charge is 0.493 e. The van der Waals surface area contributed by atoms with Gasteiger partial charge >= 0.3 is 5.97 Å². The molecule has 1 aromatic heterocycles. The van der Waals surface area contributed by atoms with Crippen LogP contribution in [0.4, 0.5) is 0 Å². The van der Waals surface area contributed by atoms with Crippen molar-refractivity contribution < 1.29 is 19.0 Å². The van der Waals surface area contributed by atoms with E-state index in [0.717, 1.165) is 0 Å². The Kier molecular flexibility index (Phi) is 6.87. The number of benzene rings is 1. The molecule has 128 valence electrons. The minimum Gasteiger partial charge on any atom is -0.493 e. The first-order valence-electron chi connectivity index (χ1n) is 7.35. The molecule has 0 fully saturated rings. The van der Waals surface area contributed by atoms with E-state index in [1.807, 2.05) is 13.8 Å². The molecule has 2 aromatic rings. The van der Waals surface area contributed by atoms with E-state index >= 15 is 0 Å². The molecule has 0 N–H and O–H groups in total. The molecule has 0 spiro atoms. The lowest BCUT2D eigenvalue weighted by Gasteiger charge is -2.10. The predicted octanol–water partition coefficient (Wildman–Crippen LogP) is 5.01. The molecule has 2 rings (SSSR count). The van der Waals surface area contributed by atoms with Gasteiger partial charge in [-0.1, -0.05) is 11.6 Å². The number of hydrogen-bond acceptors (Lipinski definition) is 5. The third kappa shape index (κ3) is 6.02. The molecule has 0 saturated carbocycles. The Bertz CT molecular complexity index is 691. The molecule has 0 amide bonds. The summed E-state index contributed by atoms with van der Waals surface area (Å²) in [5.41, 5.74) is 0. The van der Waals surface area contributed by atoms with Crippen LogP contribution in [-0.4, -0.2) is 23.7 Å². The maximum atomic E-state index is 11.4. The van der Waals surface area contributed by atoms with Crippen LogP contribution < -0.4 is 9.47 Å². The topological polar surface area (TPSA) is 57.7 Å². The number of carbonyl (C=O) groups is 1. The lowest BCUT2D eigenvalue weighted by atomic mass is 10.3. The standard InChI is InChI=1S/C17H17BrClNO4/c1-11(2)23-16(21)7-8-22-13-3-5-14(6-4-13)24-17-15(18)9-12(19)10-20-17/h3-6,9-11H,7-8H2,1-2H3. The zero-order valence-corrected chi connectivity index (χ0v) is 15.6. The lowest BCUT2D eigenvalue weighted by Crippen LogP contribution is -2.14. The summed E-state index contributed by atoms with van der Waals surface area (Å²) < 4.78 is 16.9. The number of nitrogens with zero attached hydrogens (tertiary/aromatic N) is 1. The van der Waals surface area contributed by atoms with Crippen LogP contribution in [0.25, 0.3) is 0 Å². The van der Waals surface area contributed by atoms with Crippen molar-refractivity contribution in [3.05, 3.63) is 46.0 Å². The highest BCUT2D eigenvalue weighted by Crippen LogP contribution is 2.30. The Hall–Kier alpha value is -1.79. The molecule has 1 aromatic carbocycles. The first-order chi connectivity index (χ1) is 11.4. The van der Waals surface area contributed by atoms with Gasteiger partial charge in [-0.15, -0.1) is 0 Å². The quantitative estimate of drug-likeness (QED) is 0.596. The summed E-state index contributed by atoms with van der Waals surface area (Å²) in [6.45, 7) is 3.88. The Morgan fingerprint density at radius 3 is 2.54 bits per heavy atom. The van der Waals surface area contributed by atoms with Gasteiger partial charge in [0.15, 0.2) is 0 Å². The highest BCUT2D eigenvalue weighted by molar-refractivity contribution is 9.10. The number of aromatic nitrogens is 1. The highest BCUT2D eigenvalue weighted by atomic mass is 79.9. The average molecular weight is 415 g/mol. The average Bonchev–Trinajstić information content (AvgIpc) is 2.51. The van der Waals surface area contributed by atoms with E-state index in [9.17, 15) is 4.79 Å². The fourth-order valence-electron chi connectivity index (χ4n) is 1.77. The van der Waals surface area contributed by atoms with E-state index in [4.69, 9.17) is 25.8 Å². The molecule has 0 aliphatic heterocycles. The fraction of sp³-hybridized carbons (Fsp3) is 0.294. The number of rotatable bonds is 7. The lowest BCUT2D eigenvalue weighted by molar-refractivity contribution is -0.147. The van der Waals surface area contributed by atoms with Crippen molar-refractivity contribution >= 4 is 33.5 Å². The first-order valence-corrected chi connectivity index (χ1v) is 8.52. The Balaban J connectivity index is 1.85. The summed E-state index contributed by atoms with van der Waals surface area (Å²) in [6, 6.07) is 8.73. The normalized spacial score (nSPS) is 10.5. The molecular weight excluding hydrogens is 398 g/mol. The van der Waals surface area contributed by atoms with Crippen molar-refractivity contribution in [1.82, 2.24) is 4.98 Å². The molecular formula is C17H17BrClNO4. The molecule has 5 nitrogen and oxygen atoms in total. The summed E-state index contributed by atoms with van der Waals surface area (Å²) in [5.74, 6) is 1.40. The van der Waals surface area contributed by atoms with Crippen LogP contribution in [-0.2, 0) is 9.53 Å². The third-order valence-corrected chi connectivity index (χ3v) is 3.53. The van der Waals surface area contributed by atoms with Gasteiger partial charge in [0.2, 0.25) is 5.88 Å². The summed E-state index contributed by atoms with van der Waals surface area (Å²) >= 11 is 9.18. The van der Waals surface area contributed by atoms with Crippen LogP contribution in [0, 0.1) is 0 Å².